The van der Waals surface area contributed by atoms with Crippen LogP contribution in [0.15, 0.2) is 67.1 Å². The molecule has 33 heavy (non-hydrogen) atoms. The summed E-state index contributed by atoms with van der Waals surface area (Å²) in [5.74, 6) is -0.184. The summed E-state index contributed by atoms with van der Waals surface area (Å²) in [5, 5.41) is 0. The average molecular weight is 445 g/mol. The van der Waals surface area contributed by atoms with E-state index in [1.165, 1.54) is 0 Å². The summed E-state index contributed by atoms with van der Waals surface area (Å²) in [6.45, 7) is 7.01. The Morgan fingerprint density at radius 1 is 1.03 bits per heavy atom. The van der Waals surface area contributed by atoms with E-state index in [-0.39, 0.29) is 17.7 Å². The van der Waals surface area contributed by atoms with Crippen molar-refractivity contribution < 1.29 is 9.59 Å². The molecule has 3 aromatic rings. The zero-order valence-corrected chi connectivity index (χ0v) is 19.5. The number of aryl methyl sites for hydroxylation is 1. The van der Waals surface area contributed by atoms with E-state index in [1.807, 2.05) is 45.6 Å². The van der Waals surface area contributed by atoms with Crippen molar-refractivity contribution in [1.29, 1.82) is 0 Å². The van der Waals surface area contributed by atoms with Gasteiger partial charge in [0.2, 0.25) is 5.91 Å². The van der Waals surface area contributed by atoms with Crippen LogP contribution in [0.25, 0.3) is 11.1 Å². The van der Waals surface area contributed by atoms with Gasteiger partial charge in [0.15, 0.2) is 0 Å². The first kappa shape index (κ1) is 22.8. The first-order chi connectivity index (χ1) is 16.1. The number of rotatable bonds is 7. The highest BCUT2D eigenvalue weighted by Crippen LogP contribution is 2.24. The highest BCUT2D eigenvalue weighted by atomic mass is 16.2. The quantitative estimate of drug-likeness (QED) is 0.551. The predicted molar refractivity (Wildman–Crippen MR) is 130 cm³/mol. The van der Waals surface area contributed by atoms with Crippen LogP contribution in [0.5, 0.6) is 0 Å². The lowest BCUT2D eigenvalue weighted by Crippen LogP contribution is -2.38. The second kappa shape index (κ2) is 10.5. The van der Waals surface area contributed by atoms with Gasteiger partial charge in [0, 0.05) is 32.7 Å². The van der Waals surface area contributed by atoms with Gasteiger partial charge in [0.05, 0.1) is 18.4 Å². The number of hydrogen-bond acceptors (Lipinski definition) is 3. The van der Waals surface area contributed by atoms with Gasteiger partial charge in [-0.2, -0.15) is 0 Å². The Hall–Kier alpha value is -3.41. The normalized spacial score (nSPS) is 16.7. The summed E-state index contributed by atoms with van der Waals surface area (Å²) in [4.78, 5) is 34.7. The minimum Gasteiger partial charge on any atom is -0.341 e. The summed E-state index contributed by atoms with van der Waals surface area (Å²) in [7, 11) is 0. The number of carbonyl (C=O) groups is 2. The molecule has 0 radical (unpaired) electrons. The molecule has 0 bridgehead atoms. The van der Waals surface area contributed by atoms with Crippen LogP contribution in [-0.2, 0) is 17.8 Å². The van der Waals surface area contributed by atoms with Crippen LogP contribution in [0, 0.1) is 5.92 Å². The van der Waals surface area contributed by atoms with E-state index in [2.05, 4.69) is 42.2 Å². The van der Waals surface area contributed by atoms with Gasteiger partial charge in [0.1, 0.15) is 5.69 Å². The number of imidazole rings is 1. The second-order valence-corrected chi connectivity index (χ2v) is 8.61. The molecule has 172 valence electrons. The van der Waals surface area contributed by atoms with Crippen molar-refractivity contribution in [2.24, 2.45) is 5.92 Å². The summed E-state index contributed by atoms with van der Waals surface area (Å²) in [6, 6.07) is 18.6. The van der Waals surface area contributed by atoms with Crippen molar-refractivity contribution in [3.8, 4) is 11.1 Å². The number of amides is 2. The summed E-state index contributed by atoms with van der Waals surface area (Å²) in [6.07, 6.45) is 4.82. The highest BCUT2D eigenvalue weighted by Gasteiger charge is 2.33. The molecule has 2 heterocycles. The Balaban J connectivity index is 1.59. The van der Waals surface area contributed by atoms with Crippen LogP contribution in [0.2, 0.25) is 0 Å². The molecule has 1 aliphatic rings. The van der Waals surface area contributed by atoms with Crippen molar-refractivity contribution in [2.45, 2.75) is 33.2 Å². The second-order valence-electron chi connectivity index (χ2n) is 8.61. The maximum atomic E-state index is 13.4. The first-order valence-corrected chi connectivity index (χ1v) is 11.8. The number of aromatic nitrogens is 2. The number of benzene rings is 2. The fourth-order valence-electron chi connectivity index (χ4n) is 4.58. The molecule has 1 saturated heterocycles. The number of hydrogen-bond donors (Lipinski definition) is 0. The maximum Gasteiger partial charge on any atom is 0.272 e. The lowest BCUT2D eigenvalue weighted by Gasteiger charge is -2.24. The molecule has 1 fully saturated rings. The number of carbonyl (C=O) groups excluding carboxylic acids is 2. The minimum atomic E-state index is -0.271. The van der Waals surface area contributed by atoms with Crippen molar-refractivity contribution in [3.63, 3.8) is 0 Å². The molecule has 6 heteroatoms. The van der Waals surface area contributed by atoms with Crippen molar-refractivity contribution >= 4 is 11.8 Å². The van der Waals surface area contributed by atoms with Crippen LogP contribution in [0.1, 0.15) is 36.3 Å². The predicted octanol–water partition coefficient (Wildman–Crippen LogP) is 4.12. The molecule has 4 rings (SSSR count). The van der Waals surface area contributed by atoms with E-state index in [0.29, 0.717) is 44.8 Å². The summed E-state index contributed by atoms with van der Waals surface area (Å²) >= 11 is 0. The smallest absolute Gasteiger partial charge is 0.272 e. The molecule has 2 aromatic carbocycles. The standard InChI is InChI=1S/C27H32N4O2/c1-3-13-30-14-15-31(27(33)25-18-28-20-29(25)4-2)19-24(26(30)32)17-21-9-8-12-23(16-21)22-10-6-5-7-11-22/h5-12,16,18,20,24H,3-4,13-15,17,19H2,1-2H3/t24-/m1/s1. The Kier molecular flexibility index (Phi) is 7.23. The number of nitrogens with zero attached hydrogens (tertiary/aromatic N) is 4. The van der Waals surface area contributed by atoms with Crippen LogP contribution in [0.4, 0.5) is 0 Å². The largest absolute Gasteiger partial charge is 0.341 e. The minimum absolute atomic E-state index is 0.0523. The molecule has 6 nitrogen and oxygen atoms in total. The van der Waals surface area contributed by atoms with Gasteiger partial charge in [-0.05, 0) is 36.5 Å². The average Bonchev–Trinajstić information content (AvgIpc) is 3.28. The maximum absolute atomic E-state index is 13.4. The fraction of sp³-hybridized carbons (Fsp3) is 0.370. The Morgan fingerprint density at radius 3 is 2.58 bits per heavy atom. The molecule has 2 amide bonds. The van der Waals surface area contributed by atoms with Gasteiger partial charge in [0.25, 0.3) is 5.91 Å². The van der Waals surface area contributed by atoms with E-state index in [4.69, 9.17) is 0 Å². The molecule has 0 saturated carbocycles. The van der Waals surface area contributed by atoms with Crippen molar-refractivity contribution in [3.05, 3.63) is 78.4 Å². The molecule has 1 aliphatic heterocycles. The Morgan fingerprint density at radius 2 is 1.82 bits per heavy atom. The van der Waals surface area contributed by atoms with E-state index < -0.39 is 0 Å². The molecule has 0 unspecified atom stereocenters. The molecular weight excluding hydrogens is 412 g/mol. The van der Waals surface area contributed by atoms with E-state index >= 15 is 0 Å². The van der Waals surface area contributed by atoms with Crippen LogP contribution in [-0.4, -0.2) is 57.3 Å². The van der Waals surface area contributed by atoms with E-state index in [0.717, 1.165) is 23.1 Å². The lowest BCUT2D eigenvalue weighted by molar-refractivity contribution is -0.134. The third-order valence-electron chi connectivity index (χ3n) is 6.31. The Bertz CT molecular complexity index is 1090. The SMILES string of the molecule is CCCN1CCN(C(=O)c2cncn2CC)C[C@@H](Cc2cccc(-c3ccccc3)c2)C1=O. The Labute approximate surface area is 195 Å². The molecule has 0 spiro atoms. The first-order valence-electron chi connectivity index (χ1n) is 11.8. The monoisotopic (exact) mass is 444 g/mol. The van der Waals surface area contributed by atoms with Gasteiger partial charge in [-0.25, -0.2) is 4.98 Å². The van der Waals surface area contributed by atoms with Gasteiger partial charge in [-0.15, -0.1) is 0 Å². The van der Waals surface area contributed by atoms with Gasteiger partial charge >= 0.3 is 0 Å². The van der Waals surface area contributed by atoms with Crippen LogP contribution >= 0.6 is 0 Å². The lowest BCUT2D eigenvalue weighted by atomic mass is 9.94. The zero-order valence-electron chi connectivity index (χ0n) is 19.5. The topological polar surface area (TPSA) is 58.4 Å². The van der Waals surface area contributed by atoms with Gasteiger partial charge < -0.3 is 14.4 Å². The van der Waals surface area contributed by atoms with Crippen LogP contribution < -0.4 is 0 Å². The molecule has 1 atom stereocenters. The van der Waals surface area contributed by atoms with Gasteiger partial charge in [-0.1, -0.05) is 61.5 Å². The van der Waals surface area contributed by atoms with Gasteiger partial charge in [-0.3, -0.25) is 9.59 Å². The third kappa shape index (κ3) is 5.16. The van der Waals surface area contributed by atoms with E-state index in [1.54, 1.807) is 12.5 Å². The highest BCUT2D eigenvalue weighted by molar-refractivity contribution is 5.93. The van der Waals surface area contributed by atoms with E-state index in [9.17, 15) is 9.59 Å². The molecule has 1 aromatic heterocycles. The summed E-state index contributed by atoms with van der Waals surface area (Å²) in [5.41, 5.74) is 3.99. The molecule has 0 aliphatic carbocycles. The fourth-order valence-corrected chi connectivity index (χ4v) is 4.58. The zero-order chi connectivity index (χ0) is 23.2. The van der Waals surface area contributed by atoms with Crippen molar-refractivity contribution in [2.75, 3.05) is 26.2 Å². The molecular formula is C27H32N4O2. The third-order valence-corrected chi connectivity index (χ3v) is 6.31. The summed E-state index contributed by atoms with van der Waals surface area (Å²) < 4.78 is 1.86. The van der Waals surface area contributed by atoms with Crippen molar-refractivity contribution in [1.82, 2.24) is 19.4 Å². The molecule has 0 N–H and O–H groups in total. The van der Waals surface area contributed by atoms with Crippen LogP contribution in [0.3, 0.4) is 0 Å².